The molecular weight excluding hydrogens is 359 g/mol. The van der Waals surface area contributed by atoms with Gasteiger partial charge < -0.3 is 4.74 Å². The number of halogens is 2. The molecule has 0 radical (unpaired) electrons. The van der Waals surface area contributed by atoms with Gasteiger partial charge in [0.2, 0.25) is 0 Å². The number of aryl methyl sites for hydroxylation is 1. The Labute approximate surface area is 170 Å². The highest BCUT2D eigenvalue weighted by molar-refractivity contribution is 6.32. The molecule has 0 N–H and O–H groups in total. The lowest BCUT2D eigenvalue weighted by Gasteiger charge is -2.38. The summed E-state index contributed by atoms with van der Waals surface area (Å²) in [6.45, 7) is 2.32. The van der Waals surface area contributed by atoms with E-state index >= 15 is 0 Å². The van der Waals surface area contributed by atoms with Gasteiger partial charge in [0.05, 0.1) is 7.11 Å². The SMILES string of the molecule is CCCC1CCC(C2CCC(CCc3ccc(OC)c(Cl)c3F)CC2)CC1. The molecule has 0 amide bonds. The molecule has 2 fully saturated rings. The van der Waals surface area contributed by atoms with E-state index in [4.69, 9.17) is 16.3 Å². The molecule has 27 heavy (non-hydrogen) atoms. The van der Waals surface area contributed by atoms with Gasteiger partial charge in [-0.25, -0.2) is 4.39 Å². The topological polar surface area (TPSA) is 9.23 Å². The van der Waals surface area contributed by atoms with Crippen LogP contribution in [0.3, 0.4) is 0 Å². The van der Waals surface area contributed by atoms with Gasteiger partial charge in [-0.1, -0.05) is 63.1 Å². The van der Waals surface area contributed by atoms with Crippen LogP contribution < -0.4 is 4.74 Å². The number of methoxy groups -OCH3 is 1. The van der Waals surface area contributed by atoms with Gasteiger partial charge in [0, 0.05) is 0 Å². The van der Waals surface area contributed by atoms with Gasteiger partial charge in [0.15, 0.2) is 0 Å². The largest absolute Gasteiger partial charge is 0.495 e. The molecule has 1 aromatic rings. The van der Waals surface area contributed by atoms with E-state index in [-0.39, 0.29) is 10.8 Å². The molecule has 1 nitrogen and oxygen atoms in total. The maximum absolute atomic E-state index is 14.4. The fraction of sp³-hybridized carbons (Fsp3) is 0.750. The van der Waals surface area contributed by atoms with Crippen molar-refractivity contribution in [1.82, 2.24) is 0 Å². The average Bonchev–Trinajstić information content (AvgIpc) is 2.70. The van der Waals surface area contributed by atoms with Crippen LogP contribution in [0, 0.1) is 29.5 Å². The van der Waals surface area contributed by atoms with E-state index in [1.807, 2.05) is 6.07 Å². The third-order valence-corrected chi connectivity index (χ3v) is 7.67. The number of ether oxygens (including phenoxy) is 1. The predicted molar refractivity (Wildman–Crippen MR) is 112 cm³/mol. The van der Waals surface area contributed by atoms with Gasteiger partial charge >= 0.3 is 0 Å². The van der Waals surface area contributed by atoms with Gasteiger partial charge in [0.1, 0.15) is 16.6 Å². The Hall–Kier alpha value is -0.760. The van der Waals surface area contributed by atoms with Crippen LogP contribution in [-0.2, 0) is 6.42 Å². The zero-order valence-corrected chi connectivity index (χ0v) is 17.9. The molecule has 0 unspecified atom stereocenters. The van der Waals surface area contributed by atoms with Crippen molar-refractivity contribution in [2.24, 2.45) is 23.7 Å². The van der Waals surface area contributed by atoms with E-state index in [1.54, 1.807) is 6.07 Å². The van der Waals surface area contributed by atoms with Gasteiger partial charge in [0.25, 0.3) is 0 Å². The van der Waals surface area contributed by atoms with Crippen LogP contribution in [0.5, 0.6) is 5.75 Å². The molecule has 0 saturated heterocycles. The van der Waals surface area contributed by atoms with E-state index in [9.17, 15) is 4.39 Å². The van der Waals surface area contributed by atoms with Crippen LogP contribution in [-0.4, -0.2) is 7.11 Å². The highest BCUT2D eigenvalue weighted by Crippen LogP contribution is 2.43. The monoisotopic (exact) mass is 394 g/mol. The summed E-state index contributed by atoms with van der Waals surface area (Å²) in [4.78, 5) is 0. The summed E-state index contributed by atoms with van der Waals surface area (Å²) >= 11 is 6.06. The fourth-order valence-electron chi connectivity index (χ4n) is 5.59. The van der Waals surface area contributed by atoms with Crippen molar-refractivity contribution in [2.75, 3.05) is 7.11 Å². The summed E-state index contributed by atoms with van der Waals surface area (Å²) in [5, 5.41) is 0.123. The number of hydrogen-bond acceptors (Lipinski definition) is 1. The summed E-state index contributed by atoms with van der Waals surface area (Å²) in [6.07, 6.45) is 15.9. The molecule has 3 heteroatoms. The normalized spacial score (nSPS) is 28.9. The quantitative estimate of drug-likeness (QED) is 0.457. The first-order valence-corrected chi connectivity index (χ1v) is 11.5. The highest BCUT2D eigenvalue weighted by atomic mass is 35.5. The average molecular weight is 395 g/mol. The smallest absolute Gasteiger partial charge is 0.148 e. The van der Waals surface area contributed by atoms with E-state index in [1.165, 1.54) is 71.3 Å². The van der Waals surface area contributed by atoms with Crippen molar-refractivity contribution in [3.05, 3.63) is 28.5 Å². The fourth-order valence-corrected chi connectivity index (χ4v) is 5.85. The maximum Gasteiger partial charge on any atom is 0.148 e. The molecule has 2 aliphatic rings. The lowest BCUT2D eigenvalue weighted by Crippen LogP contribution is -2.26. The highest BCUT2D eigenvalue weighted by Gasteiger charge is 2.30. The van der Waals surface area contributed by atoms with Crippen molar-refractivity contribution in [1.29, 1.82) is 0 Å². The summed E-state index contributed by atoms with van der Waals surface area (Å²) in [5.41, 5.74) is 0.733. The Bertz CT molecular complexity index is 586. The van der Waals surface area contributed by atoms with Crippen LogP contribution in [0.4, 0.5) is 4.39 Å². The van der Waals surface area contributed by atoms with E-state index < -0.39 is 0 Å². The second kappa shape index (κ2) is 10.1. The molecule has 152 valence electrons. The summed E-state index contributed by atoms with van der Waals surface area (Å²) < 4.78 is 19.5. The van der Waals surface area contributed by atoms with Crippen LogP contribution in [0.15, 0.2) is 12.1 Å². The summed E-state index contributed by atoms with van der Waals surface area (Å²) in [7, 11) is 1.52. The molecule has 2 saturated carbocycles. The van der Waals surface area contributed by atoms with Crippen molar-refractivity contribution >= 4 is 11.6 Å². The Morgan fingerprint density at radius 2 is 1.48 bits per heavy atom. The Balaban J connectivity index is 1.42. The van der Waals surface area contributed by atoms with Crippen molar-refractivity contribution in [3.8, 4) is 5.75 Å². The lowest BCUT2D eigenvalue weighted by atomic mass is 9.68. The van der Waals surface area contributed by atoms with Crippen molar-refractivity contribution in [2.45, 2.75) is 84.0 Å². The maximum atomic E-state index is 14.4. The molecule has 0 heterocycles. The minimum atomic E-state index is -0.298. The molecule has 0 spiro atoms. The first-order chi connectivity index (χ1) is 13.1. The number of rotatable bonds is 7. The Morgan fingerprint density at radius 1 is 0.926 bits per heavy atom. The van der Waals surface area contributed by atoms with E-state index in [0.29, 0.717) is 5.75 Å². The van der Waals surface area contributed by atoms with Crippen LogP contribution in [0.2, 0.25) is 5.02 Å². The summed E-state index contributed by atoms with van der Waals surface area (Å²) in [6, 6.07) is 3.62. The molecular formula is C24H36ClFO. The first kappa shape index (κ1) is 21.0. The molecule has 0 aliphatic heterocycles. The number of hydrogen-bond donors (Lipinski definition) is 0. The third kappa shape index (κ3) is 5.40. The van der Waals surface area contributed by atoms with E-state index in [2.05, 4.69) is 6.92 Å². The van der Waals surface area contributed by atoms with Gasteiger partial charge in [-0.2, -0.15) is 0 Å². The molecule has 1 aromatic carbocycles. The second-order valence-electron chi connectivity index (χ2n) is 8.94. The molecule has 0 bridgehead atoms. The van der Waals surface area contributed by atoms with Crippen LogP contribution >= 0.6 is 11.6 Å². The summed E-state index contributed by atoms with van der Waals surface area (Å²) in [5.74, 6) is 3.82. The van der Waals surface area contributed by atoms with Crippen molar-refractivity contribution in [3.63, 3.8) is 0 Å². The van der Waals surface area contributed by atoms with Gasteiger partial charge in [-0.3, -0.25) is 0 Å². The molecule has 0 aromatic heterocycles. The molecule has 0 atom stereocenters. The molecule has 2 aliphatic carbocycles. The second-order valence-corrected chi connectivity index (χ2v) is 9.32. The predicted octanol–water partition coefficient (Wildman–Crippen LogP) is 7.83. The lowest BCUT2D eigenvalue weighted by molar-refractivity contribution is 0.141. The zero-order chi connectivity index (χ0) is 19.2. The van der Waals surface area contributed by atoms with Crippen molar-refractivity contribution < 1.29 is 9.13 Å². The Kier molecular flexibility index (Phi) is 7.87. The van der Waals surface area contributed by atoms with Crippen LogP contribution in [0.1, 0.15) is 83.1 Å². The standard InChI is InChI=1S/C24H36ClFO/c1-3-4-17-5-10-19(11-6-17)20-12-7-18(8-13-20)9-14-21-15-16-22(27-2)23(25)24(21)26/h15-20H,3-14H2,1-2H3. The minimum Gasteiger partial charge on any atom is -0.495 e. The molecule has 3 rings (SSSR count). The van der Waals surface area contributed by atoms with E-state index in [0.717, 1.165) is 42.1 Å². The third-order valence-electron chi connectivity index (χ3n) is 7.32. The van der Waals surface area contributed by atoms with Crippen LogP contribution in [0.25, 0.3) is 0 Å². The van der Waals surface area contributed by atoms with Gasteiger partial charge in [-0.15, -0.1) is 0 Å². The number of benzene rings is 1. The Morgan fingerprint density at radius 3 is 2.00 bits per heavy atom. The first-order valence-electron chi connectivity index (χ1n) is 11.1. The minimum absolute atomic E-state index is 0.123. The zero-order valence-electron chi connectivity index (χ0n) is 17.1. The van der Waals surface area contributed by atoms with Gasteiger partial charge in [-0.05, 0) is 73.8 Å².